The lowest BCUT2D eigenvalue weighted by molar-refractivity contribution is -0.130. The van der Waals surface area contributed by atoms with Gasteiger partial charge in [0.25, 0.3) is 0 Å². The Labute approximate surface area is 167 Å². The van der Waals surface area contributed by atoms with Gasteiger partial charge in [0.15, 0.2) is 0 Å². The van der Waals surface area contributed by atoms with Gasteiger partial charge in [-0.15, -0.1) is 0 Å². The van der Waals surface area contributed by atoms with E-state index in [4.69, 9.17) is 0 Å². The maximum absolute atomic E-state index is 11.5. The van der Waals surface area contributed by atoms with Gasteiger partial charge in [0.1, 0.15) is 0 Å². The van der Waals surface area contributed by atoms with E-state index in [1.54, 1.807) is 6.92 Å². The highest BCUT2D eigenvalue weighted by Crippen LogP contribution is 2.27. The molecule has 0 spiro atoms. The first-order valence-corrected chi connectivity index (χ1v) is 10.3. The number of carbonyl (C=O) groups excluding carboxylic acids is 1. The molecule has 5 heteroatoms. The fraction of sp³-hybridized carbons (Fsp3) is 0.435. The molecule has 0 bridgehead atoms. The lowest BCUT2D eigenvalue weighted by atomic mass is 10.1. The molecule has 5 nitrogen and oxygen atoms in total. The van der Waals surface area contributed by atoms with Crippen molar-refractivity contribution in [3.8, 4) is 0 Å². The monoisotopic (exact) mass is 378 g/mol. The lowest BCUT2D eigenvalue weighted by Crippen LogP contribution is -2.47. The summed E-state index contributed by atoms with van der Waals surface area (Å²) in [5.41, 5.74) is 5.41. The highest BCUT2D eigenvalue weighted by molar-refractivity contribution is 5.73. The number of hydrogen-bond acceptors (Lipinski definition) is 4. The van der Waals surface area contributed by atoms with E-state index in [1.807, 2.05) is 4.90 Å². The van der Waals surface area contributed by atoms with Crippen molar-refractivity contribution >= 4 is 17.3 Å². The molecule has 4 rings (SSSR count). The van der Waals surface area contributed by atoms with Crippen LogP contribution in [-0.4, -0.2) is 61.5 Å². The predicted octanol–water partition coefficient (Wildman–Crippen LogP) is 2.83. The largest absolute Gasteiger partial charge is 0.383 e. The summed E-state index contributed by atoms with van der Waals surface area (Å²) < 4.78 is 0. The van der Waals surface area contributed by atoms with Crippen LogP contribution < -0.4 is 10.2 Å². The van der Waals surface area contributed by atoms with E-state index in [0.29, 0.717) is 0 Å². The highest BCUT2D eigenvalue weighted by atomic mass is 16.2. The number of benzene rings is 2. The van der Waals surface area contributed by atoms with Crippen LogP contribution in [-0.2, 0) is 17.8 Å². The molecule has 2 aliphatic rings. The number of carbonyl (C=O) groups is 1. The fourth-order valence-electron chi connectivity index (χ4n) is 4.26. The average molecular weight is 379 g/mol. The molecule has 1 fully saturated rings. The number of fused-ring (bicyclic) bond motifs is 1. The Morgan fingerprint density at radius 1 is 0.964 bits per heavy atom. The minimum atomic E-state index is 0.185. The van der Waals surface area contributed by atoms with Gasteiger partial charge in [-0.2, -0.15) is 0 Å². The number of nitrogens with one attached hydrogen (secondary N) is 1. The van der Waals surface area contributed by atoms with Crippen molar-refractivity contribution in [2.24, 2.45) is 0 Å². The van der Waals surface area contributed by atoms with Crippen molar-refractivity contribution in [2.45, 2.75) is 19.9 Å². The molecule has 2 aliphatic heterocycles. The molecule has 0 aliphatic carbocycles. The molecule has 2 aromatic rings. The van der Waals surface area contributed by atoms with Crippen LogP contribution in [0.25, 0.3) is 0 Å². The predicted molar refractivity (Wildman–Crippen MR) is 115 cm³/mol. The zero-order valence-electron chi connectivity index (χ0n) is 16.7. The van der Waals surface area contributed by atoms with Gasteiger partial charge in [-0.3, -0.25) is 9.69 Å². The first-order chi connectivity index (χ1) is 13.7. The van der Waals surface area contributed by atoms with Gasteiger partial charge in [0.05, 0.1) is 0 Å². The summed E-state index contributed by atoms with van der Waals surface area (Å²) in [6.07, 6.45) is 1.15. The van der Waals surface area contributed by atoms with Gasteiger partial charge in [-0.25, -0.2) is 0 Å². The van der Waals surface area contributed by atoms with Crippen molar-refractivity contribution in [1.82, 2.24) is 9.80 Å². The summed E-state index contributed by atoms with van der Waals surface area (Å²) in [4.78, 5) is 18.4. The van der Waals surface area contributed by atoms with Crippen molar-refractivity contribution in [2.75, 3.05) is 56.0 Å². The Balaban J connectivity index is 1.31. The second kappa shape index (κ2) is 8.65. The Bertz CT molecular complexity index is 814. The minimum Gasteiger partial charge on any atom is -0.383 e. The van der Waals surface area contributed by atoms with E-state index in [-0.39, 0.29) is 5.91 Å². The first kappa shape index (κ1) is 18.8. The van der Waals surface area contributed by atoms with E-state index >= 15 is 0 Å². The molecule has 148 valence electrons. The minimum absolute atomic E-state index is 0.185. The van der Waals surface area contributed by atoms with Crippen LogP contribution in [0.5, 0.6) is 0 Å². The van der Waals surface area contributed by atoms with E-state index in [1.165, 1.54) is 22.5 Å². The van der Waals surface area contributed by atoms with E-state index in [0.717, 1.165) is 58.8 Å². The second-order valence-electron chi connectivity index (χ2n) is 7.73. The van der Waals surface area contributed by atoms with E-state index in [2.05, 4.69) is 63.6 Å². The third-order valence-corrected chi connectivity index (χ3v) is 5.91. The fourth-order valence-corrected chi connectivity index (χ4v) is 4.26. The molecular formula is C23H30N4O. The molecule has 0 atom stereocenters. The molecule has 0 radical (unpaired) electrons. The highest BCUT2D eigenvalue weighted by Gasteiger charge is 2.20. The molecule has 0 unspecified atom stereocenters. The topological polar surface area (TPSA) is 38.8 Å². The van der Waals surface area contributed by atoms with Crippen LogP contribution >= 0.6 is 0 Å². The van der Waals surface area contributed by atoms with Crippen LogP contribution in [0.3, 0.4) is 0 Å². The number of rotatable bonds is 6. The summed E-state index contributed by atoms with van der Waals surface area (Å²) in [6, 6.07) is 17.3. The quantitative estimate of drug-likeness (QED) is 0.839. The maximum atomic E-state index is 11.5. The number of para-hydroxylation sites is 2. The normalized spacial score (nSPS) is 16.9. The zero-order chi connectivity index (χ0) is 19.3. The van der Waals surface area contributed by atoms with Crippen molar-refractivity contribution < 1.29 is 4.79 Å². The summed E-state index contributed by atoms with van der Waals surface area (Å²) in [5.74, 6) is 0.185. The standard InChI is InChI=1S/C23H30N4O/c1-19(28)26-16-14-25(15-17-26)18-21-7-2-4-8-22(21)24-11-13-27-12-10-20-6-3-5-9-23(20)27/h2-9,24H,10-18H2,1H3. The van der Waals surface area contributed by atoms with E-state index in [9.17, 15) is 4.79 Å². The first-order valence-electron chi connectivity index (χ1n) is 10.3. The van der Waals surface area contributed by atoms with E-state index < -0.39 is 0 Å². The Morgan fingerprint density at radius 3 is 2.54 bits per heavy atom. The Morgan fingerprint density at radius 2 is 1.71 bits per heavy atom. The zero-order valence-corrected chi connectivity index (χ0v) is 16.7. The average Bonchev–Trinajstić information content (AvgIpc) is 3.13. The van der Waals surface area contributed by atoms with Gasteiger partial charge < -0.3 is 15.1 Å². The van der Waals surface area contributed by atoms with Crippen LogP contribution in [0.15, 0.2) is 48.5 Å². The van der Waals surface area contributed by atoms with Gasteiger partial charge >= 0.3 is 0 Å². The summed E-state index contributed by atoms with van der Waals surface area (Å²) in [6.45, 7) is 9.21. The van der Waals surface area contributed by atoms with Gasteiger partial charge in [-0.1, -0.05) is 36.4 Å². The Hall–Kier alpha value is -2.53. The molecule has 28 heavy (non-hydrogen) atoms. The molecule has 1 amide bonds. The summed E-state index contributed by atoms with van der Waals surface area (Å²) >= 11 is 0. The van der Waals surface area contributed by atoms with Gasteiger partial charge in [-0.05, 0) is 29.7 Å². The number of piperazine rings is 1. The van der Waals surface area contributed by atoms with Crippen LogP contribution in [0, 0.1) is 0 Å². The number of hydrogen-bond donors (Lipinski definition) is 1. The smallest absolute Gasteiger partial charge is 0.219 e. The third-order valence-electron chi connectivity index (χ3n) is 5.91. The summed E-state index contributed by atoms with van der Waals surface area (Å²) in [7, 11) is 0. The Kier molecular flexibility index (Phi) is 5.81. The molecule has 1 saturated heterocycles. The summed E-state index contributed by atoms with van der Waals surface area (Å²) in [5, 5.41) is 3.65. The van der Waals surface area contributed by atoms with Crippen LogP contribution in [0.1, 0.15) is 18.1 Å². The van der Waals surface area contributed by atoms with Crippen molar-refractivity contribution in [3.05, 3.63) is 59.7 Å². The molecule has 0 saturated carbocycles. The van der Waals surface area contributed by atoms with Crippen LogP contribution in [0.2, 0.25) is 0 Å². The van der Waals surface area contributed by atoms with Crippen LogP contribution in [0.4, 0.5) is 11.4 Å². The van der Waals surface area contributed by atoms with Crippen molar-refractivity contribution in [1.29, 1.82) is 0 Å². The third kappa shape index (κ3) is 4.30. The number of nitrogens with zero attached hydrogens (tertiary/aromatic N) is 3. The molecule has 2 aromatic carbocycles. The number of anilines is 2. The lowest BCUT2D eigenvalue weighted by Gasteiger charge is -2.34. The molecule has 1 N–H and O–H groups in total. The SMILES string of the molecule is CC(=O)N1CCN(Cc2ccccc2NCCN2CCc3ccccc32)CC1. The maximum Gasteiger partial charge on any atom is 0.219 e. The second-order valence-corrected chi connectivity index (χ2v) is 7.73. The number of amides is 1. The van der Waals surface area contributed by atoms with Crippen molar-refractivity contribution in [3.63, 3.8) is 0 Å². The molecule has 0 aromatic heterocycles. The molecular weight excluding hydrogens is 348 g/mol. The molecule has 2 heterocycles. The van der Waals surface area contributed by atoms with Gasteiger partial charge in [0.2, 0.25) is 5.91 Å². The van der Waals surface area contributed by atoms with Gasteiger partial charge in [0, 0.05) is 70.7 Å².